The molecule has 0 bridgehead atoms. The van der Waals surface area contributed by atoms with Gasteiger partial charge < -0.3 is 9.64 Å². The summed E-state index contributed by atoms with van der Waals surface area (Å²) in [7, 11) is 3.73. The van der Waals surface area contributed by atoms with E-state index in [9.17, 15) is 9.59 Å². The molecule has 1 aliphatic rings. The first kappa shape index (κ1) is 21.1. The van der Waals surface area contributed by atoms with Crippen molar-refractivity contribution in [3.05, 3.63) is 42.5 Å². The summed E-state index contributed by atoms with van der Waals surface area (Å²) in [5, 5.41) is 2.70. The second kappa shape index (κ2) is 9.12. The van der Waals surface area contributed by atoms with Gasteiger partial charge in [0.2, 0.25) is 5.91 Å². The number of amides is 2. The predicted octanol–water partition coefficient (Wildman–Crippen LogP) is 4.37. The van der Waals surface area contributed by atoms with Gasteiger partial charge in [-0.05, 0) is 51.4 Å². The maximum Gasteiger partial charge on any atom is 0.411 e. The van der Waals surface area contributed by atoms with Crippen molar-refractivity contribution >= 4 is 53.2 Å². The van der Waals surface area contributed by atoms with Crippen LogP contribution in [-0.2, 0) is 9.53 Å². The highest BCUT2D eigenvalue weighted by atomic mass is 35.5. The van der Waals surface area contributed by atoms with Crippen molar-refractivity contribution in [2.24, 2.45) is 0 Å². The largest absolute Gasteiger partial charge is 0.450 e. The molecule has 1 aliphatic heterocycles. The average molecular weight is 408 g/mol. The summed E-state index contributed by atoms with van der Waals surface area (Å²) in [6.07, 6.45) is -0.512. The molecule has 1 N–H and O–H groups in total. The molecule has 0 atom stereocenters. The number of carbonyl (C=O) groups is 2. The summed E-state index contributed by atoms with van der Waals surface area (Å²) < 4.78 is 4.93. The Kier molecular flexibility index (Phi) is 7.12. The third kappa shape index (κ3) is 4.74. The molecule has 2 amide bonds. The van der Waals surface area contributed by atoms with Gasteiger partial charge in [0, 0.05) is 15.5 Å². The minimum Gasteiger partial charge on any atom is -0.450 e. The lowest BCUT2D eigenvalue weighted by molar-refractivity contribution is -0.118. The van der Waals surface area contributed by atoms with Gasteiger partial charge in [-0.1, -0.05) is 23.9 Å². The summed E-state index contributed by atoms with van der Waals surface area (Å²) in [6.45, 7) is 2.34. The lowest BCUT2D eigenvalue weighted by Gasteiger charge is -2.32. The third-order valence-electron chi connectivity index (χ3n) is 3.75. The molecule has 144 valence electrons. The van der Waals surface area contributed by atoms with E-state index >= 15 is 0 Å². The van der Waals surface area contributed by atoms with Crippen molar-refractivity contribution in [2.75, 3.05) is 37.5 Å². The van der Waals surface area contributed by atoms with E-state index in [-0.39, 0.29) is 24.9 Å². The molecular weight excluding hydrogens is 386 g/mol. The van der Waals surface area contributed by atoms with Crippen LogP contribution in [0.5, 0.6) is 0 Å². The molecular formula is C19H22ClN3O3S. The number of hydrogen-bond acceptors (Lipinski definition) is 5. The van der Waals surface area contributed by atoms with Gasteiger partial charge in [-0.2, -0.15) is 0 Å². The van der Waals surface area contributed by atoms with Crippen LogP contribution in [0.3, 0.4) is 0 Å². The molecule has 8 heteroatoms. The lowest BCUT2D eigenvalue weighted by atomic mass is 10.2. The number of anilines is 3. The van der Waals surface area contributed by atoms with Crippen molar-refractivity contribution in [2.45, 2.75) is 16.7 Å². The Morgan fingerprint density at radius 2 is 1.81 bits per heavy atom. The van der Waals surface area contributed by atoms with Crippen molar-refractivity contribution < 1.29 is 14.3 Å². The number of nitrogens with one attached hydrogen (secondary N) is 1. The van der Waals surface area contributed by atoms with Crippen molar-refractivity contribution in [3.8, 4) is 0 Å². The van der Waals surface area contributed by atoms with E-state index in [2.05, 4.69) is 5.32 Å². The molecule has 2 aromatic carbocycles. The number of hydrogen-bond donors (Lipinski definition) is 1. The van der Waals surface area contributed by atoms with E-state index in [1.165, 1.54) is 0 Å². The van der Waals surface area contributed by atoms with Crippen LogP contribution in [-0.4, -0.2) is 44.1 Å². The average Bonchev–Trinajstić information content (AvgIpc) is 2.59. The molecule has 0 saturated heterocycles. The summed E-state index contributed by atoms with van der Waals surface area (Å²) >= 11 is 1.61. The third-order valence-corrected chi connectivity index (χ3v) is 4.88. The first-order valence-corrected chi connectivity index (χ1v) is 9.13. The van der Waals surface area contributed by atoms with Crippen LogP contribution >= 0.6 is 24.2 Å². The minimum atomic E-state index is -0.512. The fraction of sp³-hybridized carbons (Fsp3) is 0.263. The predicted molar refractivity (Wildman–Crippen MR) is 111 cm³/mol. The van der Waals surface area contributed by atoms with Crippen LogP contribution in [0.2, 0.25) is 0 Å². The van der Waals surface area contributed by atoms with Crippen LogP contribution in [0, 0.1) is 0 Å². The van der Waals surface area contributed by atoms with E-state index in [0.29, 0.717) is 12.3 Å². The summed E-state index contributed by atoms with van der Waals surface area (Å²) in [5.41, 5.74) is 2.20. The Bertz CT molecular complexity index is 845. The van der Waals surface area contributed by atoms with Gasteiger partial charge >= 0.3 is 6.09 Å². The molecule has 6 nitrogen and oxygen atoms in total. The van der Waals surface area contributed by atoms with Crippen LogP contribution in [0.15, 0.2) is 52.3 Å². The molecule has 0 aromatic heterocycles. The Morgan fingerprint density at radius 1 is 1.11 bits per heavy atom. The molecule has 1 heterocycles. The Morgan fingerprint density at radius 3 is 2.52 bits per heavy atom. The second-order valence-electron chi connectivity index (χ2n) is 6.06. The Hall–Kier alpha value is -2.22. The Labute approximate surface area is 169 Å². The Balaban J connectivity index is 0.00000261. The van der Waals surface area contributed by atoms with Crippen molar-refractivity contribution in [1.82, 2.24) is 4.90 Å². The zero-order valence-corrected chi connectivity index (χ0v) is 17.0. The summed E-state index contributed by atoms with van der Waals surface area (Å²) in [5.74, 6) is -0.0303. The smallest absolute Gasteiger partial charge is 0.411 e. The highest BCUT2D eigenvalue weighted by Gasteiger charge is 2.28. The van der Waals surface area contributed by atoms with Crippen LogP contribution in [0.4, 0.5) is 21.9 Å². The fourth-order valence-electron chi connectivity index (χ4n) is 2.73. The molecule has 0 spiro atoms. The quantitative estimate of drug-likeness (QED) is 0.815. The van der Waals surface area contributed by atoms with Crippen LogP contribution < -0.4 is 10.2 Å². The number of halogens is 1. The zero-order valence-electron chi connectivity index (χ0n) is 15.4. The number of likely N-dealkylation sites (N-methyl/N-ethyl adjacent to an activating group) is 1. The number of benzene rings is 2. The maximum atomic E-state index is 12.9. The molecule has 2 aromatic rings. The number of nitrogens with zero attached hydrogens (tertiary/aromatic N) is 2. The van der Waals surface area contributed by atoms with Crippen molar-refractivity contribution in [3.63, 3.8) is 0 Å². The van der Waals surface area contributed by atoms with Crippen LogP contribution in [0.25, 0.3) is 0 Å². The number of carbonyl (C=O) groups excluding carboxylic acids is 2. The maximum absolute atomic E-state index is 12.9. The standard InChI is InChI=1S/C19H21N3O3S.ClH/c1-4-25-19(24)20-13-9-10-17-15(11-13)22(18(23)12-21(2)3)14-7-5-6-8-16(14)26-17;/h5-11H,4,12H2,1-3H3,(H,20,24);1H. The molecule has 3 rings (SSSR count). The van der Waals surface area contributed by atoms with E-state index in [1.54, 1.807) is 23.6 Å². The van der Waals surface area contributed by atoms with E-state index in [4.69, 9.17) is 4.74 Å². The van der Waals surface area contributed by atoms with E-state index < -0.39 is 6.09 Å². The number of rotatable bonds is 4. The van der Waals surface area contributed by atoms with Gasteiger partial charge in [-0.25, -0.2) is 4.79 Å². The van der Waals surface area contributed by atoms with Gasteiger partial charge in [-0.3, -0.25) is 15.0 Å². The normalized spacial score (nSPS) is 11.9. The van der Waals surface area contributed by atoms with Gasteiger partial charge in [0.1, 0.15) is 0 Å². The molecule has 0 unspecified atom stereocenters. The highest BCUT2D eigenvalue weighted by Crippen LogP contribution is 2.48. The van der Waals surface area contributed by atoms with Crippen LogP contribution in [0.1, 0.15) is 6.92 Å². The van der Waals surface area contributed by atoms with E-state index in [1.807, 2.05) is 61.5 Å². The fourth-order valence-corrected chi connectivity index (χ4v) is 3.77. The zero-order chi connectivity index (χ0) is 18.7. The summed E-state index contributed by atoms with van der Waals surface area (Å²) in [4.78, 5) is 30.2. The van der Waals surface area contributed by atoms with Gasteiger partial charge in [0.15, 0.2) is 0 Å². The number of fused-ring (bicyclic) bond motifs is 2. The first-order valence-electron chi connectivity index (χ1n) is 8.32. The number of para-hydroxylation sites is 1. The first-order chi connectivity index (χ1) is 12.5. The van der Waals surface area contributed by atoms with Gasteiger partial charge in [0.25, 0.3) is 0 Å². The van der Waals surface area contributed by atoms with Crippen molar-refractivity contribution in [1.29, 1.82) is 0 Å². The monoisotopic (exact) mass is 407 g/mol. The SMILES string of the molecule is CCOC(=O)Nc1ccc2c(c1)N(C(=O)CN(C)C)c1ccccc1S2.Cl. The van der Waals surface area contributed by atoms with Gasteiger partial charge in [-0.15, -0.1) is 12.4 Å². The second-order valence-corrected chi connectivity index (χ2v) is 7.15. The summed E-state index contributed by atoms with van der Waals surface area (Å²) in [6, 6.07) is 13.3. The molecule has 0 aliphatic carbocycles. The van der Waals surface area contributed by atoms with Gasteiger partial charge in [0.05, 0.1) is 24.5 Å². The molecule has 0 radical (unpaired) electrons. The molecule has 0 fully saturated rings. The lowest BCUT2D eigenvalue weighted by Crippen LogP contribution is -2.36. The molecule has 0 saturated carbocycles. The minimum absolute atomic E-state index is 0. The highest BCUT2D eigenvalue weighted by molar-refractivity contribution is 7.99. The number of ether oxygens (including phenoxy) is 1. The molecule has 27 heavy (non-hydrogen) atoms. The topological polar surface area (TPSA) is 61.9 Å². The van der Waals surface area contributed by atoms with E-state index in [0.717, 1.165) is 21.2 Å².